The predicted octanol–water partition coefficient (Wildman–Crippen LogP) is 0.917. The quantitative estimate of drug-likeness (QED) is 0.711. The Labute approximate surface area is 158 Å². The average Bonchev–Trinajstić information content (AvgIpc) is 2.72. The molecule has 4 amide bonds. The molecule has 1 aliphatic rings. The Balaban J connectivity index is 1.90. The van der Waals surface area contributed by atoms with Crippen LogP contribution in [0.1, 0.15) is 24.2 Å². The number of hydrogen-bond acceptors (Lipinski definition) is 3. The number of nitrogens with zero attached hydrogens (tertiary/aromatic N) is 2. The van der Waals surface area contributed by atoms with Gasteiger partial charge in [-0.1, -0.05) is 12.1 Å². The zero-order valence-corrected chi connectivity index (χ0v) is 15.6. The summed E-state index contributed by atoms with van der Waals surface area (Å²) in [7, 11) is 2.87. The molecule has 27 heavy (non-hydrogen) atoms. The number of amides is 4. The normalized spacial score (nSPS) is 16.7. The molecule has 0 bridgehead atoms. The van der Waals surface area contributed by atoms with E-state index < -0.39 is 23.3 Å². The van der Waals surface area contributed by atoms with E-state index in [-0.39, 0.29) is 0 Å². The highest BCUT2D eigenvalue weighted by molar-refractivity contribution is 6.18. The molecule has 1 saturated heterocycles. The Morgan fingerprint density at radius 3 is 1.59 bits per heavy atom. The van der Waals surface area contributed by atoms with E-state index in [0.717, 1.165) is 21.2 Å². The van der Waals surface area contributed by atoms with Gasteiger partial charge in [-0.2, -0.15) is 0 Å². The van der Waals surface area contributed by atoms with Crippen LogP contribution in [0.15, 0.2) is 48.8 Å². The molecule has 0 aromatic carbocycles. The molecular weight excluding hydrogens is 344 g/mol. The first-order valence-corrected chi connectivity index (χ1v) is 8.97. The van der Waals surface area contributed by atoms with E-state index in [4.69, 9.17) is 0 Å². The van der Waals surface area contributed by atoms with Gasteiger partial charge in [-0.15, -0.1) is 0 Å². The largest absolute Gasteiger partial charge is 0.332 e. The molecular formula is C20H24N4O3+2. The summed E-state index contributed by atoms with van der Waals surface area (Å²) in [6.07, 6.45) is 5.36. The summed E-state index contributed by atoms with van der Waals surface area (Å²) in [5.41, 5.74) is 0.613. The molecule has 0 aliphatic carbocycles. The molecule has 3 heterocycles. The van der Waals surface area contributed by atoms with Gasteiger partial charge in [0.05, 0.1) is 0 Å². The van der Waals surface area contributed by atoms with Gasteiger partial charge >= 0.3 is 6.03 Å². The fourth-order valence-electron chi connectivity index (χ4n) is 3.55. The van der Waals surface area contributed by atoms with E-state index in [1.54, 1.807) is 0 Å². The van der Waals surface area contributed by atoms with Crippen LogP contribution in [0.4, 0.5) is 4.79 Å². The molecule has 3 rings (SSSR count). The summed E-state index contributed by atoms with van der Waals surface area (Å²) in [6.45, 7) is 0. The van der Waals surface area contributed by atoms with Crippen LogP contribution >= 0.6 is 0 Å². The van der Waals surface area contributed by atoms with E-state index in [2.05, 4.69) is 9.97 Å². The second-order valence-corrected chi connectivity index (χ2v) is 6.87. The number of aryl methyl sites for hydroxylation is 2. The number of H-pyrrole nitrogens is 2. The lowest BCUT2D eigenvalue weighted by Gasteiger charge is -2.41. The lowest BCUT2D eigenvalue weighted by atomic mass is 9.74. The molecule has 2 N–H and O–H groups in total. The van der Waals surface area contributed by atoms with Gasteiger partial charge in [0.2, 0.25) is 11.8 Å². The summed E-state index contributed by atoms with van der Waals surface area (Å²) < 4.78 is 0. The molecule has 0 radical (unpaired) electrons. The minimum Gasteiger partial charge on any atom is -0.273 e. The first kappa shape index (κ1) is 18.7. The van der Waals surface area contributed by atoms with Crippen molar-refractivity contribution in [3.63, 3.8) is 0 Å². The maximum Gasteiger partial charge on any atom is 0.332 e. The fraction of sp³-hybridized carbons (Fsp3) is 0.350. The van der Waals surface area contributed by atoms with Crippen molar-refractivity contribution in [3.05, 3.63) is 60.2 Å². The van der Waals surface area contributed by atoms with Crippen LogP contribution in [0.3, 0.4) is 0 Å². The topological polar surface area (TPSA) is 86.0 Å². The van der Waals surface area contributed by atoms with Crippen LogP contribution in [-0.4, -0.2) is 41.7 Å². The van der Waals surface area contributed by atoms with Gasteiger partial charge < -0.3 is 0 Å². The maximum absolute atomic E-state index is 13.1. The molecule has 0 atom stereocenters. The summed E-state index contributed by atoms with van der Waals surface area (Å²) in [4.78, 5) is 46.8. The monoisotopic (exact) mass is 368 g/mol. The van der Waals surface area contributed by atoms with Gasteiger partial charge in [-0.25, -0.2) is 14.8 Å². The van der Waals surface area contributed by atoms with Gasteiger partial charge in [-0.05, 0) is 12.8 Å². The van der Waals surface area contributed by atoms with Crippen LogP contribution in [0, 0.1) is 5.41 Å². The van der Waals surface area contributed by atoms with Crippen LogP contribution in [0.2, 0.25) is 0 Å². The Bertz CT molecular complexity index is 769. The molecule has 2 aromatic rings. The molecule has 0 spiro atoms. The third-order valence-corrected chi connectivity index (χ3v) is 5.19. The number of pyridine rings is 2. The van der Waals surface area contributed by atoms with Crippen LogP contribution in [0.5, 0.6) is 0 Å². The summed E-state index contributed by atoms with van der Waals surface area (Å²) in [5, 5.41) is 0. The second kappa shape index (κ2) is 7.65. The minimum absolute atomic E-state index is 0.333. The smallest absolute Gasteiger partial charge is 0.273 e. The number of aromatic nitrogens is 2. The fourth-order valence-corrected chi connectivity index (χ4v) is 3.55. The number of carbonyl (C=O) groups excluding carboxylic acids is 3. The van der Waals surface area contributed by atoms with Crippen molar-refractivity contribution in [2.24, 2.45) is 5.41 Å². The molecule has 7 heteroatoms. The van der Waals surface area contributed by atoms with Gasteiger partial charge in [0.25, 0.3) is 0 Å². The summed E-state index contributed by atoms with van der Waals surface area (Å²) >= 11 is 0. The van der Waals surface area contributed by atoms with E-state index in [1.165, 1.54) is 14.1 Å². The second-order valence-electron chi connectivity index (χ2n) is 6.87. The summed E-state index contributed by atoms with van der Waals surface area (Å²) in [6, 6.07) is 10.8. The minimum atomic E-state index is -1.26. The van der Waals surface area contributed by atoms with E-state index in [9.17, 15) is 14.4 Å². The van der Waals surface area contributed by atoms with Gasteiger partial charge in [0, 0.05) is 51.2 Å². The van der Waals surface area contributed by atoms with E-state index in [1.807, 2.05) is 48.8 Å². The van der Waals surface area contributed by atoms with Crippen LogP contribution in [-0.2, 0) is 22.4 Å². The Kier molecular flexibility index (Phi) is 5.30. The van der Waals surface area contributed by atoms with Gasteiger partial charge in [0.1, 0.15) is 5.41 Å². The van der Waals surface area contributed by atoms with Crippen LogP contribution < -0.4 is 9.97 Å². The highest BCUT2D eigenvalue weighted by Crippen LogP contribution is 2.37. The SMILES string of the molecule is CN1C(=O)N(C)C(=O)C(CCc2cccc[nH+]2)(CCc2cccc[nH+]2)C1=O. The number of barbiturate groups is 1. The number of urea groups is 1. The zero-order valence-electron chi connectivity index (χ0n) is 15.6. The number of imide groups is 2. The number of carbonyl (C=O) groups is 3. The highest BCUT2D eigenvalue weighted by atomic mass is 16.2. The average molecular weight is 368 g/mol. The van der Waals surface area contributed by atoms with Crippen molar-refractivity contribution in [2.45, 2.75) is 25.7 Å². The van der Waals surface area contributed by atoms with Gasteiger partial charge in [0.15, 0.2) is 23.8 Å². The van der Waals surface area contributed by atoms with Gasteiger partial charge in [-0.3, -0.25) is 19.4 Å². The Morgan fingerprint density at radius 2 is 1.22 bits per heavy atom. The lowest BCUT2D eigenvalue weighted by molar-refractivity contribution is -0.390. The molecule has 0 saturated carbocycles. The summed E-state index contributed by atoms with van der Waals surface area (Å²) in [5.74, 6) is -0.857. The van der Waals surface area contributed by atoms with E-state index >= 15 is 0 Å². The lowest BCUT2D eigenvalue weighted by Crippen LogP contribution is -2.63. The molecule has 7 nitrogen and oxygen atoms in total. The van der Waals surface area contributed by atoms with Crippen molar-refractivity contribution in [1.29, 1.82) is 0 Å². The first-order chi connectivity index (χ1) is 13.0. The van der Waals surface area contributed by atoms with Crippen molar-refractivity contribution >= 4 is 17.8 Å². The molecule has 2 aromatic heterocycles. The standard InChI is InChI=1S/C20H22N4O3/c1-23-17(25)20(18(26)24(2)19(23)27,11-9-15-7-3-5-13-21-15)12-10-16-8-4-6-14-22-16/h3-8,13-14H,9-12H2,1-2H3/p+2. The van der Waals surface area contributed by atoms with Crippen molar-refractivity contribution in [3.8, 4) is 0 Å². The molecule has 1 fully saturated rings. The maximum atomic E-state index is 13.1. The number of nitrogens with one attached hydrogen (secondary N) is 2. The van der Waals surface area contributed by atoms with Crippen LogP contribution in [0.25, 0.3) is 0 Å². The first-order valence-electron chi connectivity index (χ1n) is 8.97. The van der Waals surface area contributed by atoms with Crippen molar-refractivity contribution in [2.75, 3.05) is 14.1 Å². The Hall–Kier alpha value is -3.09. The van der Waals surface area contributed by atoms with E-state index in [0.29, 0.717) is 25.7 Å². The number of hydrogen-bond donors (Lipinski definition) is 0. The number of rotatable bonds is 6. The predicted molar refractivity (Wildman–Crippen MR) is 96.0 cm³/mol. The third kappa shape index (κ3) is 3.58. The third-order valence-electron chi connectivity index (χ3n) is 5.19. The zero-order chi connectivity index (χ0) is 19.4. The molecule has 0 unspecified atom stereocenters. The highest BCUT2D eigenvalue weighted by Gasteiger charge is 2.54. The number of aromatic amines is 2. The van der Waals surface area contributed by atoms with Crippen molar-refractivity contribution < 1.29 is 24.4 Å². The Morgan fingerprint density at radius 1 is 0.778 bits per heavy atom. The molecule has 1 aliphatic heterocycles. The van der Waals surface area contributed by atoms with Crippen molar-refractivity contribution in [1.82, 2.24) is 9.80 Å². The molecule has 140 valence electrons.